The van der Waals surface area contributed by atoms with Crippen LogP contribution in [0.25, 0.3) is 88.4 Å². The Hall–Kier alpha value is -7.87. The molecule has 8 aromatic carbocycles. The van der Waals surface area contributed by atoms with Gasteiger partial charge in [0.15, 0.2) is 0 Å². The van der Waals surface area contributed by atoms with Gasteiger partial charge in [-0.15, -0.1) is 0 Å². The van der Waals surface area contributed by atoms with Crippen molar-refractivity contribution in [1.82, 2.24) is 9.13 Å². The number of benzene rings is 8. The number of halogens is 3. The van der Waals surface area contributed by atoms with Gasteiger partial charge in [-0.25, -0.2) is 0 Å². The van der Waals surface area contributed by atoms with Crippen molar-refractivity contribution in [2.75, 3.05) is 0 Å². The van der Waals surface area contributed by atoms with E-state index in [0.29, 0.717) is 22.5 Å². The van der Waals surface area contributed by atoms with Crippen molar-refractivity contribution < 1.29 is 13.2 Å². The van der Waals surface area contributed by atoms with E-state index in [1.807, 2.05) is 66.7 Å². The molecule has 0 radical (unpaired) electrons. The molecule has 0 aliphatic carbocycles. The fraction of sp³-hybridized carbons (Fsp3) is 0.0566. The first-order valence-electron chi connectivity index (χ1n) is 19.5. The number of hydrogen-bond acceptors (Lipinski definition) is 2. The van der Waals surface area contributed by atoms with Crippen LogP contribution < -0.4 is 0 Å². The second-order valence-electron chi connectivity index (χ2n) is 15.3. The first-order valence-corrected chi connectivity index (χ1v) is 19.5. The van der Waals surface area contributed by atoms with E-state index in [1.54, 1.807) is 12.1 Å². The number of nitrogens with zero attached hydrogens (tertiary/aromatic N) is 4. The average molecular weight is 783 g/mol. The molecule has 0 spiro atoms. The largest absolute Gasteiger partial charge is 0.416 e. The van der Waals surface area contributed by atoms with E-state index < -0.39 is 11.7 Å². The third-order valence-corrected chi connectivity index (χ3v) is 11.5. The minimum atomic E-state index is -4.70. The summed E-state index contributed by atoms with van der Waals surface area (Å²) in [6.07, 6.45) is -4.70. The summed E-state index contributed by atoms with van der Waals surface area (Å²) in [5, 5.41) is 25.3. The summed E-state index contributed by atoms with van der Waals surface area (Å²) in [6.45, 7) is 4.10. The Morgan fingerprint density at radius 2 is 0.883 bits per heavy atom. The number of alkyl halides is 3. The highest BCUT2D eigenvalue weighted by Gasteiger charge is 2.32. The molecule has 60 heavy (non-hydrogen) atoms. The summed E-state index contributed by atoms with van der Waals surface area (Å²) in [5.74, 6) is 0. The van der Waals surface area contributed by atoms with Gasteiger partial charge in [-0.3, -0.25) is 0 Å². The standard InChI is InChI=1S/C53H33F3N4/c1-32-9-7-11-35(21-32)37-17-19-44-42-13-3-5-15-47(42)59(49(44)26-37)51-28-40(39-23-34(30-57)24-41(25-39)53(54,55)56)29-52(46(51)31-58)60-48-16-6-4-14-43(48)45-20-18-38(27-50(45)60)36-12-8-10-33(2)22-36/h3-29H,1-2H3. The molecule has 4 nitrogen and oxygen atoms in total. The molecule has 2 heterocycles. The van der Waals surface area contributed by atoms with Gasteiger partial charge in [0.05, 0.1) is 50.6 Å². The zero-order valence-electron chi connectivity index (χ0n) is 32.5. The predicted molar refractivity (Wildman–Crippen MR) is 235 cm³/mol. The Balaban J connectivity index is 1.36. The zero-order chi connectivity index (χ0) is 41.3. The van der Waals surface area contributed by atoms with E-state index in [-0.39, 0.29) is 11.1 Å². The fourth-order valence-corrected chi connectivity index (χ4v) is 8.74. The van der Waals surface area contributed by atoms with Crippen LogP contribution in [0.5, 0.6) is 0 Å². The van der Waals surface area contributed by atoms with Crippen molar-refractivity contribution >= 4 is 43.6 Å². The Morgan fingerprint density at radius 1 is 0.417 bits per heavy atom. The number of rotatable bonds is 5. The van der Waals surface area contributed by atoms with Crippen molar-refractivity contribution in [3.05, 3.63) is 192 Å². The van der Waals surface area contributed by atoms with Crippen LogP contribution in [-0.4, -0.2) is 9.13 Å². The second kappa shape index (κ2) is 13.9. The van der Waals surface area contributed by atoms with Crippen molar-refractivity contribution in [3.63, 3.8) is 0 Å². The molecular formula is C53H33F3N4. The highest BCUT2D eigenvalue weighted by molar-refractivity contribution is 6.12. The van der Waals surface area contributed by atoms with Gasteiger partial charge >= 0.3 is 6.18 Å². The summed E-state index contributed by atoms with van der Waals surface area (Å²) in [7, 11) is 0. The monoisotopic (exact) mass is 782 g/mol. The predicted octanol–water partition coefficient (Wildman–Crippen LogP) is 14.3. The number of aryl methyl sites for hydroxylation is 2. The van der Waals surface area contributed by atoms with Crippen LogP contribution >= 0.6 is 0 Å². The molecule has 0 aliphatic rings. The molecule has 0 saturated carbocycles. The highest BCUT2D eigenvalue weighted by atomic mass is 19.4. The first kappa shape index (κ1) is 36.5. The summed E-state index contributed by atoms with van der Waals surface area (Å²) in [5.41, 5.74) is 10.5. The fourth-order valence-electron chi connectivity index (χ4n) is 8.74. The van der Waals surface area contributed by atoms with Crippen LogP contribution in [0.1, 0.15) is 27.8 Å². The molecule has 10 aromatic rings. The van der Waals surface area contributed by atoms with E-state index in [0.717, 1.165) is 89.1 Å². The molecule has 0 N–H and O–H groups in total. The maximum absolute atomic E-state index is 14.5. The number of nitriles is 2. The molecule has 2 aromatic heterocycles. The van der Waals surface area contributed by atoms with Crippen molar-refractivity contribution in [2.45, 2.75) is 20.0 Å². The lowest BCUT2D eigenvalue weighted by molar-refractivity contribution is -0.137. The van der Waals surface area contributed by atoms with Crippen LogP contribution in [0.4, 0.5) is 13.2 Å². The maximum Gasteiger partial charge on any atom is 0.416 e. The number of aromatic nitrogens is 2. The van der Waals surface area contributed by atoms with Gasteiger partial charge in [0, 0.05) is 21.5 Å². The minimum Gasteiger partial charge on any atom is -0.308 e. The molecule has 286 valence electrons. The normalized spacial score (nSPS) is 11.7. The van der Waals surface area contributed by atoms with Crippen LogP contribution in [0, 0.1) is 36.5 Å². The zero-order valence-corrected chi connectivity index (χ0v) is 32.5. The lowest BCUT2D eigenvalue weighted by atomic mass is 9.96. The topological polar surface area (TPSA) is 57.4 Å². The van der Waals surface area contributed by atoms with E-state index in [2.05, 4.69) is 102 Å². The molecule has 0 amide bonds. The Kier molecular flexibility index (Phi) is 8.45. The van der Waals surface area contributed by atoms with Gasteiger partial charge in [-0.2, -0.15) is 23.7 Å². The third kappa shape index (κ3) is 5.99. The lowest BCUT2D eigenvalue weighted by Crippen LogP contribution is -2.07. The van der Waals surface area contributed by atoms with Gasteiger partial charge in [0.1, 0.15) is 11.6 Å². The number of hydrogen-bond donors (Lipinski definition) is 0. The van der Waals surface area contributed by atoms with Crippen molar-refractivity contribution in [2.24, 2.45) is 0 Å². The molecule has 0 saturated heterocycles. The summed E-state index contributed by atoms with van der Waals surface area (Å²) < 4.78 is 47.5. The van der Waals surface area contributed by atoms with Crippen molar-refractivity contribution in [3.8, 4) is 56.9 Å². The average Bonchev–Trinajstić information content (AvgIpc) is 3.77. The Labute approximate surface area is 343 Å². The minimum absolute atomic E-state index is 0.119. The van der Waals surface area contributed by atoms with E-state index in [1.165, 1.54) is 6.07 Å². The van der Waals surface area contributed by atoms with Crippen LogP contribution in [0.3, 0.4) is 0 Å². The Morgan fingerprint density at radius 3 is 1.35 bits per heavy atom. The van der Waals surface area contributed by atoms with Gasteiger partial charge in [0.25, 0.3) is 0 Å². The van der Waals surface area contributed by atoms with E-state index in [4.69, 9.17) is 0 Å². The summed E-state index contributed by atoms with van der Waals surface area (Å²) in [6, 6.07) is 56.6. The molecule has 0 fully saturated rings. The molecule has 0 atom stereocenters. The molecule has 0 bridgehead atoms. The van der Waals surface area contributed by atoms with Gasteiger partial charge in [-0.05, 0) is 102 Å². The van der Waals surface area contributed by atoms with Gasteiger partial charge in [-0.1, -0.05) is 120 Å². The number of fused-ring (bicyclic) bond motifs is 6. The number of para-hydroxylation sites is 2. The molecule has 0 aliphatic heterocycles. The van der Waals surface area contributed by atoms with E-state index >= 15 is 0 Å². The van der Waals surface area contributed by atoms with Crippen LogP contribution in [-0.2, 0) is 6.18 Å². The molecule has 10 rings (SSSR count). The van der Waals surface area contributed by atoms with Crippen molar-refractivity contribution in [1.29, 1.82) is 10.5 Å². The molecule has 0 unspecified atom stereocenters. The van der Waals surface area contributed by atoms with Gasteiger partial charge in [0.2, 0.25) is 0 Å². The summed E-state index contributed by atoms with van der Waals surface area (Å²) >= 11 is 0. The molecule has 7 heteroatoms. The van der Waals surface area contributed by atoms with Crippen LogP contribution in [0.15, 0.2) is 164 Å². The first-order chi connectivity index (χ1) is 29.1. The maximum atomic E-state index is 14.5. The third-order valence-electron chi connectivity index (χ3n) is 11.5. The molecular weight excluding hydrogens is 750 g/mol. The van der Waals surface area contributed by atoms with Gasteiger partial charge < -0.3 is 9.13 Å². The summed E-state index contributed by atoms with van der Waals surface area (Å²) in [4.78, 5) is 0. The quantitative estimate of drug-likeness (QED) is 0.175. The Bertz CT molecular complexity index is 3300. The SMILES string of the molecule is Cc1cccc(-c2ccc3c4ccccc4n(-c4cc(-c5cc(C#N)cc(C(F)(F)F)c5)cc(-n5c6ccccc6c6ccc(-c7cccc(C)c7)cc65)c4C#N)c3c2)c1. The van der Waals surface area contributed by atoms with Crippen LogP contribution in [0.2, 0.25) is 0 Å². The highest BCUT2D eigenvalue weighted by Crippen LogP contribution is 2.43. The smallest absolute Gasteiger partial charge is 0.308 e. The van der Waals surface area contributed by atoms with E-state index in [9.17, 15) is 23.7 Å². The lowest BCUT2D eigenvalue weighted by Gasteiger charge is -2.19. The second-order valence-corrected chi connectivity index (χ2v) is 15.3.